The van der Waals surface area contributed by atoms with Crippen molar-refractivity contribution in [2.75, 3.05) is 7.11 Å². The number of nitrogens with one attached hydrogen (secondary N) is 1. The second kappa shape index (κ2) is 7.89. The second-order valence-electron chi connectivity index (χ2n) is 5.42. The van der Waals surface area contributed by atoms with Crippen LogP contribution in [0.2, 0.25) is 0 Å². The number of carbonyl (C=O) groups is 1. The third-order valence-corrected chi connectivity index (χ3v) is 4.09. The standard InChI is InChI=1S/C17H19N3O4S/c1-4-10(2)20-15(22)13(14(21)19-17(20)25)9-18-12-7-5-6-11(8-12)16(23)24-3/h5-10,22H,4H2,1-3H3,(H,19,21,25). The molecule has 132 valence electrons. The van der Waals surface area contributed by atoms with Crippen LogP contribution < -0.4 is 5.56 Å². The second-order valence-corrected chi connectivity index (χ2v) is 5.81. The molecule has 2 N–H and O–H groups in total. The van der Waals surface area contributed by atoms with E-state index in [0.29, 0.717) is 11.3 Å². The molecule has 2 aromatic rings. The first-order chi connectivity index (χ1) is 11.9. The number of aromatic hydroxyl groups is 1. The SMILES string of the molecule is CCC(C)n1c(O)c(C=Nc2cccc(C(=O)OC)c2)c(=O)[nH]c1=S. The van der Waals surface area contributed by atoms with Crippen molar-refractivity contribution < 1.29 is 14.6 Å². The predicted molar refractivity (Wildman–Crippen MR) is 97.6 cm³/mol. The zero-order valence-corrected chi connectivity index (χ0v) is 15.0. The normalized spacial score (nSPS) is 12.3. The molecule has 0 saturated carbocycles. The Morgan fingerprint density at radius 3 is 2.88 bits per heavy atom. The van der Waals surface area contributed by atoms with Crippen molar-refractivity contribution in [1.82, 2.24) is 9.55 Å². The summed E-state index contributed by atoms with van der Waals surface area (Å²) in [5.74, 6) is -0.723. The Labute approximate surface area is 149 Å². The molecule has 8 heteroatoms. The van der Waals surface area contributed by atoms with E-state index in [-0.39, 0.29) is 22.3 Å². The molecule has 0 aliphatic carbocycles. The highest BCUT2D eigenvalue weighted by atomic mass is 32.1. The molecule has 0 bridgehead atoms. The molecule has 0 aliphatic heterocycles. The van der Waals surface area contributed by atoms with Gasteiger partial charge in [-0.3, -0.25) is 19.3 Å². The summed E-state index contributed by atoms with van der Waals surface area (Å²) in [5.41, 5.74) is 0.248. The topological polar surface area (TPSA) is 96.7 Å². The maximum atomic E-state index is 12.1. The zero-order valence-electron chi connectivity index (χ0n) is 14.1. The minimum atomic E-state index is -0.532. The monoisotopic (exact) mass is 361 g/mol. The zero-order chi connectivity index (χ0) is 18.6. The van der Waals surface area contributed by atoms with Crippen LogP contribution in [0.15, 0.2) is 34.1 Å². The maximum Gasteiger partial charge on any atom is 0.337 e. The highest BCUT2D eigenvalue weighted by Gasteiger charge is 2.14. The van der Waals surface area contributed by atoms with Crippen LogP contribution in [-0.2, 0) is 4.74 Å². The average molecular weight is 361 g/mol. The summed E-state index contributed by atoms with van der Waals surface area (Å²) in [6, 6.07) is 6.35. The first-order valence-electron chi connectivity index (χ1n) is 7.69. The lowest BCUT2D eigenvalue weighted by Crippen LogP contribution is -2.20. The summed E-state index contributed by atoms with van der Waals surface area (Å²) in [5, 5.41) is 10.4. The van der Waals surface area contributed by atoms with Gasteiger partial charge < -0.3 is 9.84 Å². The lowest BCUT2D eigenvalue weighted by Gasteiger charge is -2.16. The van der Waals surface area contributed by atoms with E-state index in [1.165, 1.54) is 24.0 Å². The Bertz CT molecular complexity index is 930. The van der Waals surface area contributed by atoms with Crippen LogP contribution in [-0.4, -0.2) is 34.0 Å². The van der Waals surface area contributed by atoms with Gasteiger partial charge in [-0.15, -0.1) is 0 Å². The molecule has 0 saturated heterocycles. The number of hydrogen-bond acceptors (Lipinski definition) is 6. The molecule has 0 aliphatic rings. The molecule has 0 radical (unpaired) electrons. The van der Waals surface area contributed by atoms with Crippen LogP contribution in [0.1, 0.15) is 42.2 Å². The van der Waals surface area contributed by atoms with E-state index in [9.17, 15) is 14.7 Å². The Hall–Kier alpha value is -2.74. The number of methoxy groups -OCH3 is 1. The quantitative estimate of drug-likeness (QED) is 0.484. The Balaban J connectivity index is 2.47. The van der Waals surface area contributed by atoms with Crippen molar-refractivity contribution in [2.45, 2.75) is 26.3 Å². The van der Waals surface area contributed by atoms with Crippen LogP contribution in [0, 0.1) is 4.77 Å². The van der Waals surface area contributed by atoms with Crippen molar-refractivity contribution in [3.63, 3.8) is 0 Å². The number of hydrogen-bond donors (Lipinski definition) is 2. The summed E-state index contributed by atoms with van der Waals surface area (Å²) >= 11 is 5.12. The number of H-pyrrole nitrogens is 1. The lowest BCUT2D eigenvalue weighted by molar-refractivity contribution is 0.0601. The number of nitrogens with zero attached hydrogens (tertiary/aromatic N) is 2. The lowest BCUT2D eigenvalue weighted by atomic mass is 10.2. The minimum absolute atomic E-state index is 0.00243. The molecular formula is C17H19N3O4S. The first-order valence-corrected chi connectivity index (χ1v) is 8.10. The van der Waals surface area contributed by atoms with Gasteiger partial charge >= 0.3 is 5.97 Å². The number of aliphatic imine (C=N–C) groups is 1. The molecule has 2 rings (SSSR count). The molecular weight excluding hydrogens is 342 g/mol. The van der Waals surface area contributed by atoms with E-state index >= 15 is 0 Å². The van der Waals surface area contributed by atoms with E-state index in [4.69, 9.17) is 12.2 Å². The van der Waals surface area contributed by atoms with Crippen LogP contribution in [0.3, 0.4) is 0 Å². The van der Waals surface area contributed by atoms with Crippen LogP contribution in [0.25, 0.3) is 0 Å². The van der Waals surface area contributed by atoms with Crippen LogP contribution in [0.4, 0.5) is 5.69 Å². The van der Waals surface area contributed by atoms with E-state index in [1.54, 1.807) is 18.2 Å². The van der Waals surface area contributed by atoms with Gasteiger partial charge in [0.2, 0.25) is 5.88 Å². The van der Waals surface area contributed by atoms with Crippen molar-refractivity contribution in [3.05, 3.63) is 50.5 Å². The van der Waals surface area contributed by atoms with E-state index in [0.717, 1.165) is 6.42 Å². The molecule has 1 aromatic carbocycles. The van der Waals surface area contributed by atoms with Gasteiger partial charge in [0.1, 0.15) is 5.56 Å². The van der Waals surface area contributed by atoms with Gasteiger partial charge in [0.05, 0.1) is 18.4 Å². The van der Waals surface area contributed by atoms with Crippen molar-refractivity contribution in [1.29, 1.82) is 0 Å². The number of rotatable bonds is 5. The summed E-state index contributed by atoms with van der Waals surface area (Å²) in [6.07, 6.45) is 1.98. The average Bonchev–Trinajstić information content (AvgIpc) is 2.60. The molecule has 1 aromatic heterocycles. The molecule has 1 heterocycles. The molecule has 1 unspecified atom stereocenters. The van der Waals surface area contributed by atoms with Crippen molar-refractivity contribution in [3.8, 4) is 5.88 Å². The van der Waals surface area contributed by atoms with Crippen LogP contribution >= 0.6 is 12.2 Å². The number of aromatic nitrogens is 2. The molecule has 25 heavy (non-hydrogen) atoms. The fraction of sp³-hybridized carbons (Fsp3) is 0.294. The number of carbonyl (C=O) groups excluding carboxylic acids is 1. The van der Waals surface area contributed by atoms with E-state index < -0.39 is 11.5 Å². The fourth-order valence-corrected chi connectivity index (χ4v) is 2.59. The number of benzene rings is 1. The van der Waals surface area contributed by atoms with Crippen LogP contribution in [0.5, 0.6) is 5.88 Å². The third-order valence-electron chi connectivity index (χ3n) is 3.79. The highest BCUT2D eigenvalue weighted by Crippen LogP contribution is 2.21. The summed E-state index contributed by atoms with van der Waals surface area (Å²) in [6.45, 7) is 3.83. The highest BCUT2D eigenvalue weighted by molar-refractivity contribution is 7.71. The fourth-order valence-electron chi connectivity index (χ4n) is 2.23. The van der Waals surface area contributed by atoms with Gasteiger partial charge in [-0.25, -0.2) is 4.79 Å². The maximum absolute atomic E-state index is 12.1. The summed E-state index contributed by atoms with van der Waals surface area (Å²) < 4.78 is 6.29. The largest absolute Gasteiger partial charge is 0.494 e. The van der Waals surface area contributed by atoms with Gasteiger partial charge in [0, 0.05) is 12.3 Å². The molecule has 0 spiro atoms. The molecule has 0 fully saturated rings. The predicted octanol–water partition coefficient (Wildman–Crippen LogP) is 3.12. The number of esters is 1. The Morgan fingerprint density at radius 2 is 2.24 bits per heavy atom. The molecule has 7 nitrogen and oxygen atoms in total. The van der Waals surface area contributed by atoms with Gasteiger partial charge in [0.25, 0.3) is 5.56 Å². The minimum Gasteiger partial charge on any atom is -0.494 e. The van der Waals surface area contributed by atoms with E-state index in [1.807, 2.05) is 13.8 Å². The van der Waals surface area contributed by atoms with Gasteiger partial charge in [-0.1, -0.05) is 13.0 Å². The van der Waals surface area contributed by atoms with Crippen molar-refractivity contribution in [2.24, 2.45) is 4.99 Å². The summed E-state index contributed by atoms with van der Waals surface area (Å²) in [7, 11) is 1.29. The Kier molecular flexibility index (Phi) is 5.87. The van der Waals surface area contributed by atoms with Gasteiger partial charge in [0.15, 0.2) is 4.77 Å². The Morgan fingerprint density at radius 1 is 1.52 bits per heavy atom. The number of aromatic amines is 1. The van der Waals surface area contributed by atoms with E-state index in [2.05, 4.69) is 14.7 Å². The molecule has 0 amide bonds. The van der Waals surface area contributed by atoms with Crippen molar-refractivity contribution >= 4 is 30.1 Å². The smallest absolute Gasteiger partial charge is 0.337 e. The summed E-state index contributed by atoms with van der Waals surface area (Å²) in [4.78, 5) is 30.4. The third kappa shape index (κ3) is 4.03. The van der Waals surface area contributed by atoms with Gasteiger partial charge in [-0.05, 0) is 43.8 Å². The number of ether oxygens (including phenoxy) is 1. The molecule has 1 atom stereocenters. The van der Waals surface area contributed by atoms with Gasteiger partial charge in [-0.2, -0.15) is 0 Å². The first kappa shape index (κ1) is 18.6.